The lowest BCUT2D eigenvalue weighted by Crippen LogP contribution is -2.48. The number of urea groups is 1. The Labute approximate surface area is 212 Å². The molecule has 0 aromatic heterocycles. The smallest absolute Gasteiger partial charge is 0.320 e. The number of amides is 2. The first-order valence-electron chi connectivity index (χ1n) is 11.5. The molecule has 0 aliphatic carbocycles. The van der Waals surface area contributed by atoms with Crippen molar-refractivity contribution in [2.45, 2.75) is 36.1 Å². The molecule has 1 aliphatic rings. The molecule has 190 valence electrons. The van der Waals surface area contributed by atoms with Crippen LogP contribution < -0.4 is 5.32 Å². The molecule has 10 heteroatoms. The molecule has 0 radical (unpaired) electrons. The minimum atomic E-state index is -4.45. The van der Waals surface area contributed by atoms with Gasteiger partial charge in [0.05, 0.1) is 16.3 Å². The number of nitrogens with one attached hydrogen (secondary N) is 1. The molecule has 0 spiro atoms. The van der Waals surface area contributed by atoms with Gasteiger partial charge in [0.25, 0.3) is 20.0 Å². The summed E-state index contributed by atoms with van der Waals surface area (Å²) < 4.78 is 55.3. The lowest BCUT2D eigenvalue weighted by Gasteiger charge is -2.30. The normalized spacial score (nSPS) is 17.8. The van der Waals surface area contributed by atoms with Gasteiger partial charge in [-0.1, -0.05) is 72.2 Å². The van der Waals surface area contributed by atoms with E-state index in [2.05, 4.69) is 5.32 Å². The van der Waals surface area contributed by atoms with Crippen LogP contribution >= 0.6 is 0 Å². The first kappa shape index (κ1) is 25.9. The molecule has 3 aromatic carbocycles. The van der Waals surface area contributed by atoms with Gasteiger partial charge in [0, 0.05) is 18.3 Å². The lowest BCUT2D eigenvalue weighted by atomic mass is 9.91. The van der Waals surface area contributed by atoms with Gasteiger partial charge < -0.3 is 10.2 Å². The molecule has 0 bridgehead atoms. The van der Waals surface area contributed by atoms with Crippen molar-refractivity contribution in [2.24, 2.45) is 5.41 Å². The second-order valence-corrected chi connectivity index (χ2v) is 13.5. The quantitative estimate of drug-likeness (QED) is 0.491. The SMILES string of the molecule is CC1(C)CC(CN(S(=O)(=O)c2ccccc2)S(=O)(=O)c2ccccc2)N(C(=O)Nc2ccccc2)C1. The van der Waals surface area contributed by atoms with E-state index in [1.54, 1.807) is 60.7 Å². The molecule has 36 heavy (non-hydrogen) atoms. The van der Waals surface area contributed by atoms with Crippen LogP contribution in [0.5, 0.6) is 0 Å². The zero-order valence-corrected chi connectivity index (χ0v) is 21.7. The van der Waals surface area contributed by atoms with Crippen LogP contribution in [0.4, 0.5) is 10.5 Å². The number of rotatable bonds is 7. The van der Waals surface area contributed by atoms with Crippen molar-refractivity contribution < 1.29 is 21.6 Å². The molecule has 1 unspecified atom stereocenters. The van der Waals surface area contributed by atoms with Crippen LogP contribution in [0.25, 0.3) is 0 Å². The number of carbonyl (C=O) groups excluding carboxylic acids is 1. The highest BCUT2D eigenvalue weighted by atomic mass is 32.3. The zero-order chi connectivity index (χ0) is 26.0. The van der Waals surface area contributed by atoms with Crippen LogP contribution in [0, 0.1) is 5.41 Å². The summed E-state index contributed by atoms with van der Waals surface area (Å²) in [5.41, 5.74) is 0.258. The topological polar surface area (TPSA) is 104 Å². The number of sulfonamides is 2. The Bertz CT molecular complexity index is 1340. The second kappa shape index (κ2) is 10.0. The molecule has 1 atom stereocenters. The summed E-state index contributed by atoms with van der Waals surface area (Å²) in [7, 11) is -8.91. The predicted molar refractivity (Wildman–Crippen MR) is 138 cm³/mol. The van der Waals surface area contributed by atoms with Gasteiger partial charge in [0.1, 0.15) is 0 Å². The van der Waals surface area contributed by atoms with Gasteiger partial charge in [-0.05, 0) is 48.2 Å². The van der Waals surface area contributed by atoms with Gasteiger partial charge in [0.2, 0.25) is 0 Å². The fourth-order valence-electron chi connectivity index (χ4n) is 4.44. The maximum Gasteiger partial charge on any atom is 0.322 e. The molecule has 1 heterocycles. The molecule has 0 saturated carbocycles. The van der Waals surface area contributed by atoms with Gasteiger partial charge in [-0.15, -0.1) is 0 Å². The van der Waals surface area contributed by atoms with Crippen molar-refractivity contribution >= 4 is 31.8 Å². The molecule has 1 N–H and O–H groups in total. The number of nitrogens with zero attached hydrogens (tertiary/aromatic N) is 2. The molecular formula is C26H29N3O5S2. The highest BCUT2D eigenvalue weighted by molar-refractivity contribution is 8.04. The molecular weight excluding hydrogens is 498 g/mol. The first-order valence-corrected chi connectivity index (χ1v) is 14.4. The van der Waals surface area contributed by atoms with Gasteiger partial charge in [0.15, 0.2) is 0 Å². The number of benzene rings is 3. The van der Waals surface area contributed by atoms with E-state index in [0.717, 1.165) is 0 Å². The van der Waals surface area contributed by atoms with Crippen LogP contribution in [0.2, 0.25) is 0 Å². The second-order valence-electron chi connectivity index (χ2n) is 9.54. The Hall–Kier alpha value is -3.21. The molecule has 1 aliphatic heterocycles. The predicted octanol–water partition coefficient (Wildman–Crippen LogP) is 4.40. The van der Waals surface area contributed by atoms with E-state index in [9.17, 15) is 21.6 Å². The minimum Gasteiger partial charge on any atom is -0.320 e. The fraction of sp³-hybridized carbons (Fsp3) is 0.269. The van der Waals surface area contributed by atoms with Crippen LogP contribution in [0.1, 0.15) is 20.3 Å². The number of anilines is 1. The van der Waals surface area contributed by atoms with E-state index in [4.69, 9.17) is 0 Å². The average molecular weight is 528 g/mol. The average Bonchev–Trinajstić information content (AvgIpc) is 3.18. The van der Waals surface area contributed by atoms with E-state index in [1.165, 1.54) is 29.2 Å². The Morgan fingerprint density at radius 3 is 1.75 bits per heavy atom. The number of hydrogen-bond acceptors (Lipinski definition) is 5. The summed E-state index contributed by atoms with van der Waals surface area (Å²) in [4.78, 5) is 14.5. The molecule has 4 rings (SSSR count). The highest BCUT2D eigenvalue weighted by Crippen LogP contribution is 2.36. The highest BCUT2D eigenvalue weighted by Gasteiger charge is 2.45. The maximum absolute atomic E-state index is 13.7. The van der Waals surface area contributed by atoms with E-state index in [1.807, 2.05) is 19.9 Å². The third kappa shape index (κ3) is 5.45. The van der Waals surface area contributed by atoms with E-state index >= 15 is 0 Å². The minimum absolute atomic E-state index is 0.137. The monoisotopic (exact) mass is 527 g/mol. The van der Waals surface area contributed by atoms with E-state index < -0.39 is 38.7 Å². The summed E-state index contributed by atoms with van der Waals surface area (Å²) >= 11 is 0. The van der Waals surface area contributed by atoms with Crippen molar-refractivity contribution in [3.8, 4) is 0 Å². The molecule has 2 amide bonds. The maximum atomic E-state index is 13.7. The fourth-order valence-corrected chi connectivity index (χ4v) is 8.20. The van der Waals surface area contributed by atoms with Crippen LogP contribution in [0.15, 0.2) is 101 Å². The van der Waals surface area contributed by atoms with Crippen LogP contribution in [-0.2, 0) is 20.0 Å². The van der Waals surface area contributed by atoms with Crippen LogP contribution in [-0.4, -0.2) is 50.6 Å². The zero-order valence-electron chi connectivity index (χ0n) is 20.1. The van der Waals surface area contributed by atoms with Gasteiger partial charge in [-0.25, -0.2) is 21.6 Å². The Morgan fingerprint density at radius 1 is 0.833 bits per heavy atom. The van der Waals surface area contributed by atoms with E-state index in [0.29, 0.717) is 22.4 Å². The van der Waals surface area contributed by atoms with E-state index in [-0.39, 0.29) is 15.2 Å². The number of hydrogen-bond donors (Lipinski definition) is 1. The summed E-state index contributed by atoms with van der Waals surface area (Å²) in [6, 6.07) is 22.8. The third-order valence-electron chi connectivity index (χ3n) is 6.09. The summed E-state index contributed by atoms with van der Waals surface area (Å²) in [6.45, 7) is 3.89. The number of carbonyl (C=O) groups is 1. The Morgan fingerprint density at radius 2 is 1.28 bits per heavy atom. The lowest BCUT2D eigenvalue weighted by molar-refractivity contribution is 0.200. The Kier molecular flexibility index (Phi) is 7.21. The number of likely N-dealkylation sites (tertiary alicyclic amines) is 1. The van der Waals surface area contributed by atoms with Crippen molar-refractivity contribution in [3.05, 3.63) is 91.0 Å². The molecule has 8 nitrogen and oxygen atoms in total. The van der Waals surface area contributed by atoms with Gasteiger partial charge in [-0.2, -0.15) is 0 Å². The van der Waals surface area contributed by atoms with Crippen molar-refractivity contribution in [2.75, 3.05) is 18.4 Å². The summed E-state index contributed by atoms with van der Waals surface area (Å²) in [6.07, 6.45) is 0.431. The molecule has 1 fully saturated rings. The summed E-state index contributed by atoms with van der Waals surface area (Å²) in [5, 5.41) is 2.84. The molecule has 1 saturated heterocycles. The van der Waals surface area contributed by atoms with Crippen molar-refractivity contribution in [1.82, 2.24) is 8.61 Å². The molecule has 3 aromatic rings. The van der Waals surface area contributed by atoms with Gasteiger partial charge >= 0.3 is 6.03 Å². The standard InChI is InChI=1S/C26H29N3O5S2/c1-26(2)18-22(28(20-26)25(30)27-21-12-6-3-7-13-21)19-29(35(31,32)23-14-8-4-9-15-23)36(33,34)24-16-10-5-11-17-24/h3-17,22H,18-20H2,1-2H3,(H,27,30). The third-order valence-corrected chi connectivity index (χ3v) is 10.4. The largest absolute Gasteiger partial charge is 0.322 e. The van der Waals surface area contributed by atoms with Gasteiger partial charge in [-0.3, -0.25) is 0 Å². The van der Waals surface area contributed by atoms with Crippen LogP contribution in [0.3, 0.4) is 0 Å². The summed E-state index contributed by atoms with van der Waals surface area (Å²) in [5.74, 6) is 0. The van der Waals surface area contributed by atoms with Crippen molar-refractivity contribution in [3.63, 3.8) is 0 Å². The number of para-hydroxylation sites is 1. The van der Waals surface area contributed by atoms with Crippen molar-refractivity contribution in [1.29, 1.82) is 0 Å². The first-order chi connectivity index (χ1) is 17.0. The Balaban J connectivity index is 1.73.